The second-order valence-electron chi connectivity index (χ2n) is 5.68. The Balaban J connectivity index is 1.94. The lowest BCUT2D eigenvalue weighted by atomic mass is 9.78. The first-order chi connectivity index (χ1) is 8.22. The fourth-order valence-corrected chi connectivity index (χ4v) is 6.54. The highest BCUT2D eigenvalue weighted by molar-refractivity contribution is 8.07. The molecular weight excluding hydrogens is 248 g/mol. The van der Waals surface area contributed by atoms with E-state index in [-0.39, 0.29) is 6.10 Å². The van der Waals surface area contributed by atoms with Gasteiger partial charge in [0.25, 0.3) is 0 Å². The summed E-state index contributed by atoms with van der Waals surface area (Å²) in [6.07, 6.45) is 6.35. The molecule has 5 unspecified atom stereocenters. The first-order valence-corrected chi connectivity index (χ1v) is 9.23. The van der Waals surface area contributed by atoms with Gasteiger partial charge in [-0.05, 0) is 31.1 Å². The molecule has 1 saturated carbocycles. The van der Waals surface area contributed by atoms with Crippen LogP contribution in [0.4, 0.5) is 0 Å². The largest absolute Gasteiger partial charge is 0.392 e. The Morgan fingerprint density at radius 1 is 1.24 bits per heavy atom. The number of thioether (sulfide) groups is 2. The van der Waals surface area contributed by atoms with Gasteiger partial charge in [-0.25, -0.2) is 0 Å². The predicted octanol–water partition coefficient (Wildman–Crippen LogP) is 3.80. The average molecular weight is 274 g/mol. The maximum absolute atomic E-state index is 10.7. The van der Waals surface area contributed by atoms with Crippen LogP contribution < -0.4 is 0 Å². The van der Waals surface area contributed by atoms with Crippen molar-refractivity contribution in [1.82, 2.24) is 0 Å². The van der Waals surface area contributed by atoms with E-state index >= 15 is 0 Å². The van der Waals surface area contributed by atoms with Crippen LogP contribution in [0.3, 0.4) is 0 Å². The van der Waals surface area contributed by atoms with Gasteiger partial charge in [0.2, 0.25) is 0 Å². The van der Waals surface area contributed by atoms with Crippen LogP contribution >= 0.6 is 23.5 Å². The maximum atomic E-state index is 10.7. The van der Waals surface area contributed by atoms with E-state index in [1.165, 1.54) is 43.6 Å². The second kappa shape index (κ2) is 6.72. The van der Waals surface area contributed by atoms with Gasteiger partial charge in [0, 0.05) is 22.0 Å². The summed E-state index contributed by atoms with van der Waals surface area (Å²) < 4.78 is 0. The molecule has 0 aromatic carbocycles. The van der Waals surface area contributed by atoms with Gasteiger partial charge in [0.05, 0.1) is 6.10 Å². The Morgan fingerprint density at radius 3 is 2.71 bits per heavy atom. The van der Waals surface area contributed by atoms with E-state index in [1.54, 1.807) is 0 Å². The Morgan fingerprint density at radius 2 is 2.00 bits per heavy atom. The van der Waals surface area contributed by atoms with E-state index in [0.29, 0.717) is 16.4 Å². The SMILES string of the molecule is CCC1SCCSC1C(O)C1CCCC(C)C1. The third kappa shape index (κ3) is 3.57. The Kier molecular flexibility index (Phi) is 5.56. The summed E-state index contributed by atoms with van der Waals surface area (Å²) in [5, 5.41) is 11.9. The minimum Gasteiger partial charge on any atom is -0.392 e. The van der Waals surface area contributed by atoms with Gasteiger partial charge in [0.15, 0.2) is 0 Å². The minimum absolute atomic E-state index is 0.0551. The van der Waals surface area contributed by atoms with Gasteiger partial charge < -0.3 is 5.11 Å². The second-order valence-corrected chi connectivity index (χ2v) is 8.31. The summed E-state index contributed by atoms with van der Waals surface area (Å²) in [7, 11) is 0. The maximum Gasteiger partial charge on any atom is 0.0697 e. The fourth-order valence-electron chi connectivity index (χ4n) is 3.31. The minimum atomic E-state index is -0.0551. The van der Waals surface area contributed by atoms with Crippen molar-refractivity contribution < 1.29 is 5.11 Å². The molecule has 5 atom stereocenters. The van der Waals surface area contributed by atoms with E-state index in [1.807, 2.05) is 11.8 Å². The number of rotatable bonds is 3. The Hall–Kier alpha value is 0.660. The highest BCUT2D eigenvalue weighted by atomic mass is 32.2. The molecule has 2 aliphatic rings. The lowest BCUT2D eigenvalue weighted by Crippen LogP contribution is -2.41. The quantitative estimate of drug-likeness (QED) is 0.845. The fraction of sp³-hybridized carbons (Fsp3) is 1.00. The Labute approximate surface area is 115 Å². The van der Waals surface area contributed by atoms with Crippen LogP contribution in [0.15, 0.2) is 0 Å². The predicted molar refractivity (Wildman–Crippen MR) is 79.9 cm³/mol. The first kappa shape index (κ1) is 14.1. The lowest BCUT2D eigenvalue weighted by Gasteiger charge is -2.39. The zero-order chi connectivity index (χ0) is 12.3. The van der Waals surface area contributed by atoms with Crippen LogP contribution in [-0.2, 0) is 0 Å². The van der Waals surface area contributed by atoms with Crippen molar-refractivity contribution in [3.05, 3.63) is 0 Å². The van der Waals surface area contributed by atoms with Crippen molar-refractivity contribution in [3.8, 4) is 0 Å². The molecule has 17 heavy (non-hydrogen) atoms. The first-order valence-electron chi connectivity index (χ1n) is 7.13. The molecule has 2 fully saturated rings. The molecule has 0 bridgehead atoms. The smallest absolute Gasteiger partial charge is 0.0697 e. The molecule has 1 saturated heterocycles. The van der Waals surface area contributed by atoms with Crippen molar-refractivity contribution in [2.45, 2.75) is 62.6 Å². The summed E-state index contributed by atoms with van der Waals surface area (Å²) in [4.78, 5) is 0. The molecule has 3 heteroatoms. The standard InChI is InChI=1S/C14H26OS2/c1-3-12-14(17-8-7-16-12)13(15)11-6-4-5-10(2)9-11/h10-15H,3-9H2,1-2H3. The summed E-state index contributed by atoms with van der Waals surface area (Å²) in [5.41, 5.74) is 0. The van der Waals surface area contributed by atoms with Crippen LogP contribution in [0.5, 0.6) is 0 Å². The zero-order valence-corrected chi connectivity index (χ0v) is 12.7. The van der Waals surface area contributed by atoms with Gasteiger partial charge >= 0.3 is 0 Å². The van der Waals surface area contributed by atoms with Crippen LogP contribution in [0.25, 0.3) is 0 Å². The third-order valence-electron chi connectivity index (χ3n) is 4.29. The molecular formula is C14H26OS2. The van der Waals surface area contributed by atoms with Crippen LogP contribution in [0.1, 0.15) is 46.0 Å². The van der Waals surface area contributed by atoms with E-state index < -0.39 is 0 Å². The van der Waals surface area contributed by atoms with E-state index in [4.69, 9.17) is 0 Å². The van der Waals surface area contributed by atoms with Crippen molar-refractivity contribution >= 4 is 23.5 Å². The number of aliphatic hydroxyl groups excluding tert-OH is 1. The molecule has 1 N–H and O–H groups in total. The molecule has 0 radical (unpaired) electrons. The molecule has 0 amide bonds. The normalized spacial score (nSPS) is 41.1. The molecule has 1 nitrogen and oxygen atoms in total. The molecule has 1 aliphatic carbocycles. The average Bonchev–Trinajstić information content (AvgIpc) is 2.38. The Bertz CT molecular complexity index is 234. The monoisotopic (exact) mass is 274 g/mol. The molecule has 0 aromatic rings. The molecule has 2 rings (SSSR count). The summed E-state index contributed by atoms with van der Waals surface area (Å²) in [5.74, 6) is 3.90. The van der Waals surface area contributed by atoms with Gasteiger partial charge in [-0.1, -0.05) is 26.7 Å². The number of hydrogen-bond donors (Lipinski definition) is 1. The summed E-state index contributed by atoms with van der Waals surface area (Å²) in [6, 6.07) is 0. The van der Waals surface area contributed by atoms with E-state index in [9.17, 15) is 5.11 Å². The highest BCUT2D eigenvalue weighted by Crippen LogP contribution is 2.40. The summed E-state index contributed by atoms with van der Waals surface area (Å²) in [6.45, 7) is 4.62. The number of hydrogen-bond acceptors (Lipinski definition) is 3. The van der Waals surface area contributed by atoms with Crippen molar-refractivity contribution in [1.29, 1.82) is 0 Å². The van der Waals surface area contributed by atoms with Crippen molar-refractivity contribution in [2.24, 2.45) is 11.8 Å². The van der Waals surface area contributed by atoms with Crippen LogP contribution in [0.2, 0.25) is 0 Å². The summed E-state index contributed by atoms with van der Waals surface area (Å²) >= 11 is 4.11. The van der Waals surface area contributed by atoms with Gasteiger partial charge in [-0.15, -0.1) is 0 Å². The third-order valence-corrected chi connectivity index (χ3v) is 7.65. The molecule has 100 valence electrons. The van der Waals surface area contributed by atoms with Gasteiger partial charge in [0.1, 0.15) is 0 Å². The van der Waals surface area contributed by atoms with E-state index in [0.717, 1.165) is 5.92 Å². The van der Waals surface area contributed by atoms with Gasteiger partial charge in [-0.3, -0.25) is 0 Å². The zero-order valence-electron chi connectivity index (χ0n) is 11.1. The molecule has 0 aromatic heterocycles. The molecule has 1 heterocycles. The lowest BCUT2D eigenvalue weighted by molar-refractivity contribution is 0.0689. The highest BCUT2D eigenvalue weighted by Gasteiger charge is 2.36. The van der Waals surface area contributed by atoms with Crippen LogP contribution in [0, 0.1) is 11.8 Å². The molecule has 1 aliphatic heterocycles. The topological polar surface area (TPSA) is 20.2 Å². The number of aliphatic hydroxyl groups is 1. The van der Waals surface area contributed by atoms with Crippen molar-refractivity contribution in [2.75, 3.05) is 11.5 Å². The van der Waals surface area contributed by atoms with Crippen LogP contribution in [-0.4, -0.2) is 33.2 Å². The van der Waals surface area contributed by atoms with Gasteiger partial charge in [-0.2, -0.15) is 23.5 Å². The van der Waals surface area contributed by atoms with Crippen molar-refractivity contribution in [3.63, 3.8) is 0 Å². The molecule has 0 spiro atoms. The van der Waals surface area contributed by atoms with E-state index in [2.05, 4.69) is 25.6 Å².